The van der Waals surface area contributed by atoms with Crippen LogP contribution in [0.5, 0.6) is 0 Å². The minimum Gasteiger partial charge on any atom is -0.466 e. The molecule has 4 nitrogen and oxygen atoms in total. The molecule has 2 aromatic carbocycles. The van der Waals surface area contributed by atoms with E-state index >= 15 is 0 Å². The molecule has 1 aromatic heterocycles. The van der Waals surface area contributed by atoms with E-state index in [2.05, 4.69) is 42.8 Å². The number of rotatable bonds is 8. The lowest BCUT2D eigenvalue weighted by Gasteiger charge is -2.16. The normalized spacial score (nSPS) is 13.1. The summed E-state index contributed by atoms with van der Waals surface area (Å²) < 4.78 is 21.2. The summed E-state index contributed by atoms with van der Waals surface area (Å²) in [6.07, 6.45) is 0.123. The Morgan fingerprint density at radius 1 is 1.03 bits per heavy atom. The van der Waals surface area contributed by atoms with Gasteiger partial charge in [0.15, 0.2) is 0 Å². The first-order valence-electron chi connectivity index (χ1n) is 9.95. The molecule has 3 rings (SSSR count). The zero-order chi connectivity index (χ0) is 21.7. The van der Waals surface area contributed by atoms with Crippen molar-refractivity contribution in [1.29, 1.82) is 0 Å². The molecule has 0 bridgehead atoms. The molecule has 1 heterocycles. The molecular weight excluding hydrogens is 414 g/mol. The van der Waals surface area contributed by atoms with E-state index < -0.39 is 17.0 Å². The molecule has 0 aliphatic heterocycles. The standard InChI is InChI=1S/C24H27NO3S2/c1-5-28-23(26)15-20(25-30(27)19-11-9-16(2)10-12-19)21-13-14-22(29-21)24-17(3)7-6-8-18(24)4/h6-14,20,25H,5,15H2,1-4H3/t20-,30+/m0/s1. The topological polar surface area (TPSA) is 55.4 Å². The minimum atomic E-state index is -1.44. The number of thiophene rings is 1. The third-order valence-electron chi connectivity index (χ3n) is 4.86. The van der Waals surface area contributed by atoms with Crippen molar-refractivity contribution >= 4 is 28.3 Å². The number of aryl methyl sites for hydroxylation is 3. The first-order chi connectivity index (χ1) is 14.4. The van der Waals surface area contributed by atoms with Crippen molar-refractivity contribution in [3.8, 4) is 10.4 Å². The summed E-state index contributed by atoms with van der Waals surface area (Å²) >= 11 is 1.62. The number of esters is 1. The second-order valence-corrected chi connectivity index (χ2v) is 9.59. The lowest BCUT2D eigenvalue weighted by molar-refractivity contribution is -0.143. The van der Waals surface area contributed by atoms with Gasteiger partial charge in [0.2, 0.25) is 0 Å². The van der Waals surface area contributed by atoms with Crippen molar-refractivity contribution in [2.24, 2.45) is 0 Å². The predicted octanol–water partition coefficient (Wildman–Crippen LogP) is 5.65. The number of carbonyl (C=O) groups is 1. The van der Waals surface area contributed by atoms with E-state index in [0.29, 0.717) is 11.5 Å². The van der Waals surface area contributed by atoms with E-state index in [1.165, 1.54) is 16.7 Å². The molecular formula is C24H27NO3S2. The van der Waals surface area contributed by atoms with Crippen molar-refractivity contribution in [3.05, 3.63) is 76.2 Å². The van der Waals surface area contributed by atoms with E-state index in [0.717, 1.165) is 15.3 Å². The molecule has 2 atom stereocenters. The molecule has 30 heavy (non-hydrogen) atoms. The molecule has 0 unspecified atom stereocenters. The Labute approximate surface area is 184 Å². The van der Waals surface area contributed by atoms with Crippen LogP contribution in [0, 0.1) is 20.8 Å². The highest BCUT2D eigenvalue weighted by atomic mass is 32.2. The lowest BCUT2D eigenvalue weighted by Crippen LogP contribution is -2.26. The molecule has 1 N–H and O–H groups in total. The van der Waals surface area contributed by atoms with Crippen LogP contribution < -0.4 is 4.72 Å². The second kappa shape index (κ2) is 10.2. The third kappa shape index (κ3) is 5.45. The zero-order valence-electron chi connectivity index (χ0n) is 17.7. The summed E-state index contributed by atoms with van der Waals surface area (Å²) in [5.74, 6) is -0.307. The van der Waals surface area contributed by atoms with Crippen molar-refractivity contribution in [1.82, 2.24) is 4.72 Å². The van der Waals surface area contributed by atoms with Gasteiger partial charge in [-0.15, -0.1) is 11.3 Å². The Bertz CT molecular complexity index is 1020. The van der Waals surface area contributed by atoms with Gasteiger partial charge in [-0.3, -0.25) is 4.79 Å². The monoisotopic (exact) mass is 441 g/mol. The van der Waals surface area contributed by atoms with Crippen LogP contribution in [-0.4, -0.2) is 16.8 Å². The van der Waals surface area contributed by atoms with Crippen LogP contribution in [0.2, 0.25) is 0 Å². The van der Waals surface area contributed by atoms with Gasteiger partial charge in [-0.05, 0) is 68.7 Å². The molecule has 3 aromatic rings. The van der Waals surface area contributed by atoms with E-state index in [9.17, 15) is 9.00 Å². The summed E-state index contributed by atoms with van der Waals surface area (Å²) in [5, 5.41) is 0. The van der Waals surface area contributed by atoms with Crippen LogP contribution in [0.25, 0.3) is 10.4 Å². The third-order valence-corrected chi connectivity index (χ3v) is 7.27. The maximum Gasteiger partial charge on any atom is 0.307 e. The SMILES string of the molecule is CCOC(=O)C[C@H](N[S@](=O)c1ccc(C)cc1)c1ccc(-c2c(C)cccc2C)s1. The van der Waals surface area contributed by atoms with Crippen LogP contribution >= 0.6 is 11.3 Å². The molecule has 0 aliphatic rings. The van der Waals surface area contributed by atoms with E-state index in [-0.39, 0.29) is 12.4 Å². The van der Waals surface area contributed by atoms with Gasteiger partial charge in [0.1, 0.15) is 11.0 Å². The summed E-state index contributed by atoms with van der Waals surface area (Å²) in [5.41, 5.74) is 4.74. The fourth-order valence-corrected chi connectivity index (χ4v) is 5.62. The van der Waals surface area contributed by atoms with Gasteiger partial charge in [-0.2, -0.15) is 0 Å². The van der Waals surface area contributed by atoms with Crippen LogP contribution in [0.3, 0.4) is 0 Å². The fourth-order valence-electron chi connectivity index (χ4n) is 3.32. The molecule has 0 spiro atoms. The van der Waals surface area contributed by atoms with Crippen LogP contribution in [0.4, 0.5) is 0 Å². The Kier molecular flexibility index (Phi) is 7.58. The molecule has 0 saturated heterocycles. The summed E-state index contributed by atoms with van der Waals surface area (Å²) in [6.45, 7) is 8.30. The minimum absolute atomic E-state index is 0.123. The first kappa shape index (κ1) is 22.4. The number of hydrogen-bond donors (Lipinski definition) is 1. The number of nitrogens with one attached hydrogen (secondary N) is 1. The molecule has 0 amide bonds. The number of hydrogen-bond acceptors (Lipinski definition) is 4. The van der Waals surface area contributed by atoms with Gasteiger partial charge < -0.3 is 4.74 Å². The highest BCUT2D eigenvalue weighted by Crippen LogP contribution is 2.36. The van der Waals surface area contributed by atoms with Gasteiger partial charge >= 0.3 is 5.97 Å². The molecule has 0 fully saturated rings. The summed E-state index contributed by atoms with van der Waals surface area (Å²) in [4.78, 5) is 15.0. The highest BCUT2D eigenvalue weighted by molar-refractivity contribution is 7.83. The van der Waals surface area contributed by atoms with Crippen molar-refractivity contribution < 1.29 is 13.7 Å². The molecule has 0 saturated carbocycles. The van der Waals surface area contributed by atoms with E-state index in [1.807, 2.05) is 37.3 Å². The number of ether oxygens (including phenoxy) is 1. The highest BCUT2D eigenvalue weighted by Gasteiger charge is 2.22. The van der Waals surface area contributed by atoms with Gasteiger partial charge in [0, 0.05) is 9.75 Å². The van der Waals surface area contributed by atoms with Gasteiger partial charge in [-0.25, -0.2) is 8.93 Å². The smallest absolute Gasteiger partial charge is 0.307 e. The van der Waals surface area contributed by atoms with Crippen molar-refractivity contribution in [3.63, 3.8) is 0 Å². The molecule has 6 heteroatoms. The number of benzene rings is 2. The Balaban J connectivity index is 1.89. The van der Waals surface area contributed by atoms with Crippen molar-refractivity contribution in [2.45, 2.75) is 45.1 Å². The summed E-state index contributed by atoms with van der Waals surface area (Å²) in [7, 11) is -1.44. The van der Waals surface area contributed by atoms with Crippen molar-refractivity contribution in [2.75, 3.05) is 6.61 Å². The maximum absolute atomic E-state index is 12.9. The molecule has 158 valence electrons. The predicted molar refractivity (Wildman–Crippen MR) is 124 cm³/mol. The fraction of sp³-hybridized carbons (Fsp3) is 0.292. The largest absolute Gasteiger partial charge is 0.466 e. The quantitative estimate of drug-likeness (QED) is 0.460. The van der Waals surface area contributed by atoms with E-state index in [1.54, 1.807) is 18.3 Å². The second-order valence-electron chi connectivity index (χ2n) is 7.23. The van der Waals surface area contributed by atoms with E-state index in [4.69, 9.17) is 4.74 Å². The van der Waals surface area contributed by atoms with Gasteiger partial charge in [0.05, 0.1) is 24.0 Å². The zero-order valence-corrected chi connectivity index (χ0v) is 19.4. The molecule has 0 aliphatic carbocycles. The van der Waals surface area contributed by atoms with Crippen LogP contribution in [-0.2, 0) is 20.5 Å². The van der Waals surface area contributed by atoms with Crippen LogP contribution in [0.15, 0.2) is 59.5 Å². The Morgan fingerprint density at radius 2 is 1.70 bits per heavy atom. The number of carbonyl (C=O) groups excluding carboxylic acids is 1. The summed E-state index contributed by atoms with van der Waals surface area (Å²) in [6, 6.07) is 17.5. The lowest BCUT2D eigenvalue weighted by atomic mass is 10.0. The van der Waals surface area contributed by atoms with Gasteiger partial charge in [0.25, 0.3) is 0 Å². The average molecular weight is 442 g/mol. The van der Waals surface area contributed by atoms with Gasteiger partial charge in [-0.1, -0.05) is 35.9 Å². The van der Waals surface area contributed by atoms with Crippen LogP contribution in [0.1, 0.15) is 41.0 Å². The first-order valence-corrected chi connectivity index (χ1v) is 11.9. The Morgan fingerprint density at radius 3 is 2.33 bits per heavy atom. The Hall–Kier alpha value is -2.28. The average Bonchev–Trinajstić information content (AvgIpc) is 3.17. The molecule has 0 radical (unpaired) electrons. The maximum atomic E-state index is 12.9.